The molecule has 0 bridgehead atoms. The highest BCUT2D eigenvalue weighted by atomic mass is 35.5. The third-order valence-electron chi connectivity index (χ3n) is 3.66. The highest BCUT2D eigenvalue weighted by molar-refractivity contribution is 6.43. The van der Waals surface area contributed by atoms with E-state index in [4.69, 9.17) is 23.2 Å². The topological polar surface area (TPSA) is 61.4 Å². The number of hydrogen-bond donors (Lipinski definition) is 3. The number of rotatable bonds is 3. The lowest BCUT2D eigenvalue weighted by Gasteiger charge is -2.30. The van der Waals surface area contributed by atoms with Crippen LogP contribution in [0.1, 0.15) is 25.7 Å². The fourth-order valence-electron chi connectivity index (χ4n) is 2.54. The van der Waals surface area contributed by atoms with Gasteiger partial charge in [-0.25, -0.2) is 4.79 Å². The quantitative estimate of drug-likeness (QED) is 0.796. The van der Waals surface area contributed by atoms with Crippen molar-refractivity contribution in [3.63, 3.8) is 0 Å². The smallest absolute Gasteiger partial charge is 0.319 e. The van der Waals surface area contributed by atoms with Gasteiger partial charge in [-0.2, -0.15) is 0 Å². The summed E-state index contributed by atoms with van der Waals surface area (Å²) >= 11 is 11.9. The van der Waals surface area contributed by atoms with Crippen LogP contribution in [0.5, 0.6) is 0 Å². The molecule has 2 atom stereocenters. The van der Waals surface area contributed by atoms with E-state index < -0.39 is 0 Å². The third-order valence-corrected chi connectivity index (χ3v) is 4.48. The van der Waals surface area contributed by atoms with Crippen LogP contribution in [0.25, 0.3) is 0 Å². The normalized spacial score (nSPS) is 22.4. The van der Waals surface area contributed by atoms with Gasteiger partial charge >= 0.3 is 6.03 Å². The van der Waals surface area contributed by atoms with Gasteiger partial charge in [-0.05, 0) is 25.0 Å². The number of carbonyl (C=O) groups is 1. The summed E-state index contributed by atoms with van der Waals surface area (Å²) in [5.41, 5.74) is 0.480. The van der Waals surface area contributed by atoms with Gasteiger partial charge in [0.1, 0.15) is 0 Å². The van der Waals surface area contributed by atoms with Crippen molar-refractivity contribution >= 4 is 34.9 Å². The van der Waals surface area contributed by atoms with Crippen molar-refractivity contribution in [2.75, 3.05) is 11.9 Å². The second-order valence-corrected chi connectivity index (χ2v) is 5.82. The standard InChI is InChI=1S/C14H18Cl2N2O2/c15-10-5-3-7-12(13(10)16)18-14(20)17-11-6-2-1-4-9(11)8-19/h3,5,7,9,11,19H,1-2,4,6,8H2,(H2,17,18,20). The molecular formula is C14H18Cl2N2O2. The van der Waals surface area contributed by atoms with Crippen LogP contribution < -0.4 is 10.6 Å². The third kappa shape index (κ3) is 3.78. The Kier molecular flexibility index (Phi) is 5.52. The van der Waals surface area contributed by atoms with Crippen LogP contribution in [-0.2, 0) is 0 Å². The summed E-state index contributed by atoms with van der Waals surface area (Å²) in [6.45, 7) is 0.100. The molecule has 6 heteroatoms. The Morgan fingerprint density at radius 3 is 2.80 bits per heavy atom. The van der Waals surface area contributed by atoms with Gasteiger partial charge in [0.05, 0.1) is 15.7 Å². The molecule has 110 valence electrons. The number of benzene rings is 1. The van der Waals surface area contributed by atoms with E-state index in [1.165, 1.54) is 0 Å². The molecule has 2 unspecified atom stereocenters. The van der Waals surface area contributed by atoms with Crippen molar-refractivity contribution in [1.29, 1.82) is 0 Å². The van der Waals surface area contributed by atoms with Crippen molar-refractivity contribution in [3.05, 3.63) is 28.2 Å². The average Bonchev–Trinajstić information content (AvgIpc) is 2.44. The Bertz CT molecular complexity index is 482. The minimum atomic E-state index is -0.320. The van der Waals surface area contributed by atoms with Gasteiger partial charge in [0.2, 0.25) is 0 Å². The molecule has 0 spiro atoms. The summed E-state index contributed by atoms with van der Waals surface area (Å²) in [6, 6.07) is 4.76. The number of aliphatic hydroxyl groups excluding tert-OH is 1. The minimum absolute atomic E-state index is 0.00621. The molecule has 1 saturated carbocycles. The molecule has 3 N–H and O–H groups in total. The Labute approximate surface area is 128 Å². The Balaban J connectivity index is 1.96. The highest BCUT2D eigenvalue weighted by Gasteiger charge is 2.25. The van der Waals surface area contributed by atoms with Crippen LogP contribution in [0.2, 0.25) is 10.0 Å². The summed E-state index contributed by atoms with van der Waals surface area (Å²) in [5, 5.41) is 15.7. The van der Waals surface area contributed by atoms with Gasteiger partial charge in [0.25, 0.3) is 0 Å². The monoisotopic (exact) mass is 316 g/mol. The second-order valence-electron chi connectivity index (χ2n) is 5.03. The molecular weight excluding hydrogens is 299 g/mol. The summed E-state index contributed by atoms with van der Waals surface area (Å²) < 4.78 is 0. The van der Waals surface area contributed by atoms with E-state index in [-0.39, 0.29) is 24.6 Å². The molecule has 0 aliphatic heterocycles. The first kappa shape index (κ1) is 15.4. The van der Waals surface area contributed by atoms with Gasteiger partial charge in [0, 0.05) is 18.6 Å². The lowest BCUT2D eigenvalue weighted by molar-refractivity contribution is 0.156. The number of anilines is 1. The van der Waals surface area contributed by atoms with E-state index in [1.54, 1.807) is 18.2 Å². The van der Waals surface area contributed by atoms with Gasteiger partial charge in [-0.15, -0.1) is 0 Å². The zero-order valence-corrected chi connectivity index (χ0v) is 12.5. The number of hydrogen-bond acceptors (Lipinski definition) is 2. The number of amides is 2. The van der Waals surface area contributed by atoms with Crippen molar-refractivity contribution in [3.8, 4) is 0 Å². The lowest BCUT2D eigenvalue weighted by atomic mass is 9.85. The Morgan fingerprint density at radius 1 is 1.30 bits per heavy atom. The van der Waals surface area contributed by atoms with Crippen molar-refractivity contribution < 1.29 is 9.90 Å². The highest BCUT2D eigenvalue weighted by Crippen LogP contribution is 2.29. The molecule has 20 heavy (non-hydrogen) atoms. The summed E-state index contributed by atoms with van der Waals surface area (Å²) in [5.74, 6) is 0.129. The predicted octanol–water partition coefficient (Wildman–Crippen LogP) is 3.67. The van der Waals surface area contributed by atoms with E-state index in [0.29, 0.717) is 15.7 Å². The molecule has 2 rings (SSSR count). The number of nitrogens with one attached hydrogen (secondary N) is 2. The zero-order chi connectivity index (χ0) is 14.5. The summed E-state index contributed by atoms with van der Waals surface area (Å²) in [6.07, 6.45) is 4.01. The fraction of sp³-hybridized carbons (Fsp3) is 0.500. The predicted molar refractivity (Wildman–Crippen MR) is 81.4 cm³/mol. The van der Waals surface area contributed by atoms with E-state index in [9.17, 15) is 9.90 Å². The Morgan fingerprint density at radius 2 is 2.05 bits per heavy atom. The van der Waals surface area contributed by atoms with Crippen molar-refractivity contribution in [1.82, 2.24) is 5.32 Å². The van der Waals surface area contributed by atoms with E-state index in [2.05, 4.69) is 10.6 Å². The number of aliphatic hydroxyl groups is 1. The first-order valence-corrected chi connectivity index (χ1v) is 7.50. The van der Waals surface area contributed by atoms with E-state index in [0.717, 1.165) is 25.7 Å². The van der Waals surface area contributed by atoms with Crippen molar-refractivity contribution in [2.45, 2.75) is 31.7 Å². The molecule has 4 nitrogen and oxygen atoms in total. The van der Waals surface area contributed by atoms with E-state index in [1.807, 2.05) is 0 Å². The van der Waals surface area contributed by atoms with Gasteiger partial charge < -0.3 is 15.7 Å². The van der Waals surface area contributed by atoms with Crippen molar-refractivity contribution in [2.24, 2.45) is 5.92 Å². The molecule has 1 aliphatic rings. The first-order chi connectivity index (χ1) is 9.61. The van der Waals surface area contributed by atoms with E-state index >= 15 is 0 Å². The zero-order valence-electron chi connectivity index (χ0n) is 11.0. The largest absolute Gasteiger partial charge is 0.396 e. The van der Waals surface area contributed by atoms with Crippen LogP contribution in [-0.4, -0.2) is 23.8 Å². The molecule has 0 radical (unpaired) electrons. The molecule has 1 aliphatic carbocycles. The van der Waals surface area contributed by atoms with Crippen LogP contribution in [0.15, 0.2) is 18.2 Å². The maximum absolute atomic E-state index is 12.0. The molecule has 1 aromatic carbocycles. The Hall–Kier alpha value is -0.970. The summed E-state index contributed by atoms with van der Waals surface area (Å²) in [4.78, 5) is 12.0. The molecule has 0 heterocycles. The minimum Gasteiger partial charge on any atom is -0.396 e. The molecule has 0 saturated heterocycles. The van der Waals surface area contributed by atoms with Gasteiger partial charge in [0.15, 0.2) is 0 Å². The second kappa shape index (κ2) is 7.16. The van der Waals surface area contributed by atoms with Crippen LogP contribution >= 0.6 is 23.2 Å². The first-order valence-electron chi connectivity index (χ1n) is 6.74. The maximum Gasteiger partial charge on any atom is 0.319 e. The molecule has 1 aromatic rings. The average molecular weight is 317 g/mol. The maximum atomic E-state index is 12.0. The molecule has 1 fully saturated rings. The number of carbonyl (C=O) groups excluding carboxylic acids is 1. The lowest BCUT2D eigenvalue weighted by Crippen LogP contribution is -2.45. The van der Waals surface area contributed by atoms with Gasteiger partial charge in [-0.1, -0.05) is 42.1 Å². The number of halogens is 2. The SMILES string of the molecule is O=C(Nc1cccc(Cl)c1Cl)NC1CCCCC1CO. The molecule has 2 amide bonds. The van der Waals surface area contributed by atoms with Crippen LogP contribution in [0.4, 0.5) is 10.5 Å². The summed E-state index contributed by atoms with van der Waals surface area (Å²) in [7, 11) is 0. The van der Waals surface area contributed by atoms with Crippen LogP contribution in [0.3, 0.4) is 0 Å². The van der Waals surface area contributed by atoms with Crippen LogP contribution in [0, 0.1) is 5.92 Å². The fourth-order valence-corrected chi connectivity index (χ4v) is 2.89. The number of urea groups is 1. The van der Waals surface area contributed by atoms with Gasteiger partial charge in [-0.3, -0.25) is 0 Å². The molecule has 0 aromatic heterocycles.